The molecule has 1 fully saturated rings. The first-order valence-corrected chi connectivity index (χ1v) is 7.16. The standard InChI is InChI=1S/C11H13N3O4S/c12-10-2-1-8(14(16)17)7-9(10)11(15)13-3-5-19(18)6-4-13/h1-2,7H,3-6,12H2. The van der Waals surface area contributed by atoms with Crippen LogP contribution in [-0.2, 0) is 10.8 Å². The second-order valence-corrected chi connectivity index (χ2v) is 5.87. The Balaban J connectivity index is 2.25. The summed E-state index contributed by atoms with van der Waals surface area (Å²) in [6.07, 6.45) is 0. The van der Waals surface area contributed by atoms with Crippen molar-refractivity contribution in [1.29, 1.82) is 0 Å². The summed E-state index contributed by atoms with van der Waals surface area (Å²) in [7, 11) is -0.884. The van der Waals surface area contributed by atoms with E-state index in [4.69, 9.17) is 5.73 Å². The normalized spacial score (nSPS) is 16.3. The van der Waals surface area contributed by atoms with E-state index in [1.807, 2.05) is 0 Å². The maximum absolute atomic E-state index is 12.2. The number of non-ortho nitro benzene ring substituents is 1. The first kappa shape index (κ1) is 13.5. The molecule has 0 saturated carbocycles. The lowest BCUT2D eigenvalue weighted by molar-refractivity contribution is -0.384. The number of nitrogens with zero attached hydrogens (tertiary/aromatic N) is 2. The minimum Gasteiger partial charge on any atom is -0.398 e. The van der Waals surface area contributed by atoms with Crippen LogP contribution >= 0.6 is 0 Å². The smallest absolute Gasteiger partial charge is 0.270 e. The summed E-state index contributed by atoms with van der Waals surface area (Å²) in [5, 5.41) is 10.7. The van der Waals surface area contributed by atoms with Gasteiger partial charge in [0.05, 0.1) is 10.5 Å². The van der Waals surface area contributed by atoms with Gasteiger partial charge in [-0.15, -0.1) is 0 Å². The van der Waals surface area contributed by atoms with Crippen LogP contribution in [0.5, 0.6) is 0 Å². The summed E-state index contributed by atoms with van der Waals surface area (Å²) in [4.78, 5) is 23.9. The van der Waals surface area contributed by atoms with Crippen LogP contribution in [-0.4, -0.2) is 44.5 Å². The number of hydrogen-bond acceptors (Lipinski definition) is 5. The Morgan fingerprint density at radius 1 is 1.37 bits per heavy atom. The van der Waals surface area contributed by atoms with E-state index in [0.29, 0.717) is 24.6 Å². The highest BCUT2D eigenvalue weighted by Gasteiger charge is 2.24. The van der Waals surface area contributed by atoms with Crippen molar-refractivity contribution >= 4 is 28.1 Å². The molecule has 0 aromatic heterocycles. The molecule has 0 aliphatic carbocycles. The van der Waals surface area contributed by atoms with Gasteiger partial charge in [-0.3, -0.25) is 19.1 Å². The molecule has 1 aliphatic heterocycles. The lowest BCUT2D eigenvalue weighted by atomic mass is 10.1. The molecule has 0 unspecified atom stereocenters. The molecule has 0 spiro atoms. The van der Waals surface area contributed by atoms with E-state index >= 15 is 0 Å². The Morgan fingerprint density at radius 2 is 2.00 bits per heavy atom. The molecule has 8 heteroatoms. The molecule has 2 N–H and O–H groups in total. The highest BCUT2D eigenvalue weighted by molar-refractivity contribution is 7.85. The van der Waals surface area contributed by atoms with Crippen LogP contribution in [0.25, 0.3) is 0 Å². The number of carbonyl (C=O) groups excluding carboxylic acids is 1. The lowest BCUT2D eigenvalue weighted by Gasteiger charge is -2.26. The number of nitro groups is 1. The Hall–Kier alpha value is -1.96. The second-order valence-electron chi connectivity index (χ2n) is 4.17. The molecule has 1 aromatic rings. The Kier molecular flexibility index (Phi) is 3.79. The van der Waals surface area contributed by atoms with Crippen molar-refractivity contribution in [3.8, 4) is 0 Å². The second kappa shape index (κ2) is 5.35. The van der Waals surface area contributed by atoms with Crippen LogP contribution in [0.4, 0.5) is 11.4 Å². The van der Waals surface area contributed by atoms with Gasteiger partial charge >= 0.3 is 0 Å². The molecule has 19 heavy (non-hydrogen) atoms. The first-order chi connectivity index (χ1) is 8.99. The maximum atomic E-state index is 12.2. The van der Waals surface area contributed by atoms with Crippen molar-refractivity contribution in [3.05, 3.63) is 33.9 Å². The van der Waals surface area contributed by atoms with Crippen molar-refractivity contribution in [1.82, 2.24) is 4.90 Å². The van der Waals surface area contributed by atoms with Gasteiger partial charge in [-0.05, 0) is 6.07 Å². The van der Waals surface area contributed by atoms with Gasteiger partial charge in [0, 0.05) is 53.2 Å². The molecule has 1 amide bonds. The van der Waals surface area contributed by atoms with Gasteiger partial charge in [0.2, 0.25) is 0 Å². The summed E-state index contributed by atoms with van der Waals surface area (Å²) in [5.41, 5.74) is 5.86. The molecule has 7 nitrogen and oxygen atoms in total. The zero-order valence-corrected chi connectivity index (χ0v) is 10.9. The molecule has 1 heterocycles. The molecule has 0 atom stereocenters. The van der Waals surface area contributed by atoms with Crippen LogP contribution in [0.3, 0.4) is 0 Å². The van der Waals surface area contributed by atoms with E-state index in [2.05, 4.69) is 0 Å². The van der Waals surface area contributed by atoms with Crippen molar-refractivity contribution in [2.45, 2.75) is 0 Å². The average Bonchev–Trinajstić information content (AvgIpc) is 2.39. The third kappa shape index (κ3) is 2.90. The fourth-order valence-corrected chi connectivity index (χ4v) is 2.91. The number of nitrogens with two attached hydrogens (primary N) is 1. The largest absolute Gasteiger partial charge is 0.398 e. The number of carbonyl (C=O) groups is 1. The first-order valence-electron chi connectivity index (χ1n) is 5.67. The Morgan fingerprint density at radius 3 is 2.58 bits per heavy atom. The molecular formula is C11H13N3O4S. The van der Waals surface area contributed by atoms with E-state index in [9.17, 15) is 19.1 Å². The van der Waals surface area contributed by atoms with E-state index in [1.165, 1.54) is 23.1 Å². The van der Waals surface area contributed by atoms with Gasteiger partial charge < -0.3 is 10.6 Å². The fraction of sp³-hybridized carbons (Fsp3) is 0.364. The minimum atomic E-state index is -0.884. The van der Waals surface area contributed by atoms with Gasteiger partial charge in [0.1, 0.15) is 0 Å². The zero-order valence-electron chi connectivity index (χ0n) is 10.1. The summed E-state index contributed by atoms with van der Waals surface area (Å²) in [5.74, 6) is 0.513. The average molecular weight is 283 g/mol. The van der Waals surface area contributed by atoms with Crippen LogP contribution in [0.1, 0.15) is 10.4 Å². The van der Waals surface area contributed by atoms with E-state index in [-0.39, 0.29) is 22.8 Å². The molecule has 102 valence electrons. The van der Waals surface area contributed by atoms with E-state index < -0.39 is 15.7 Å². The van der Waals surface area contributed by atoms with E-state index in [1.54, 1.807) is 0 Å². The third-order valence-corrected chi connectivity index (χ3v) is 4.22. The van der Waals surface area contributed by atoms with Crippen LogP contribution < -0.4 is 5.73 Å². The lowest BCUT2D eigenvalue weighted by Crippen LogP contribution is -2.42. The van der Waals surface area contributed by atoms with Crippen molar-refractivity contribution in [2.24, 2.45) is 0 Å². The predicted molar refractivity (Wildman–Crippen MR) is 71.3 cm³/mol. The van der Waals surface area contributed by atoms with Gasteiger partial charge in [0.15, 0.2) is 0 Å². The molecular weight excluding hydrogens is 270 g/mol. The van der Waals surface area contributed by atoms with Gasteiger partial charge in [-0.2, -0.15) is 0 Å². The summed E-state index contributed by atoms with van der Waals surface area (Å²) in [6.45, 7) is 0.765. The third-order valence-electron chi connectivity index (χ3n) is 2.94. The highest BCUT2D eigenvalue weighted by atomic mass is 32.2. The van der Waals surface area contributed by atoms with E-state index in [0.717, 1.165) is 0 Å². The number of amides is 1. The monoisotopic (exact) mass is 283 g/mol. The van der Waals surface area contributed by atoms with Crippen molar-refractivity contribution in [2.75, 3.05) is 30.3 Å². The van der Waals surface area contributed by atoms with Gasteiger partial charge in [0.25, 0.3) is 11.6 Å². The number of rotatable bonds is 2. The topological polar surface area (TPSA) is 107 Å². The summed E-state index contributed by atoms with van der Waals surface area (Å²) in [6, 6.07) is 3.80. The molecule has 2 rings (SSSR count). The molecule has 1 aromatic carbocycles. The predicted octanol–water partition coefficient (Wildman–Crippen LogP) is 0.381. The molecule has 1 saturated heterocycles. The highest BCUT2D eigenvalue weighted by Crippen LogP contribution is 2.21. The zero-order chi connectivity index (χ0) is 14.0. The Bertz CT molecular complexity index is 551. The van der Waals surface area contributed by atoms with Crippen molar-refractivity contribution < 1.29 is 13.9 Å². The quantitative estimate of drug-likeness (QED) is 0.480. The van der Waals surface area contributed by atoms with Crippen LogP contribution in [0, 0.1) is 10.1 Å². The molecule has 1 aliphatic rings. The fourth-order valence-electron chi connectivity index (χ4n) is 1.85. The number of hydrogen-bond donors (Lipinski definition) is 1. The number of nitrogen functional groups attached to an aromatic ring is 1. The van der Waals surface area contributed by atoms with Gasteiger partial charge in [-0.25, -0.2) is 0 Å². The number of benzene rings is 1. The van der Waals surface area contributed by atoms with Crippen molar-refractivity contribution in [3.63, 3.8) is 0 Å². The molecule has 0 bridgehead atoms. The SMILES string of the molecule is Nc1ccc([N+](=O)[O-])cc1C(=O)N1CCS(=O)CC1. The minimum absolute atomic E-state index is 0.127. The van der Waals surface area contributed by atoms with Gasteiger partial charge in [-0.1, -0.05) is 0 Å². The Labute approximate surface area is 112 Å². The summed E-state index contributed by atoms with van der Waals surface area (Å²) < 4.78 is 11.2. The maximum Gasteiger partial charge on any atom is 0.270 e. The molecule has 0 radical (unpaired) electrons. The number of nitro benzene ring substituents is 1. The summed E-state index contributed by atoms with van der Waals surface area (Å²) >= 11 is 0. The number of anilines is 1. The van der Waals surface area contributed by atoms with Crippen LogP contribution in [0.2, 0.25) is 0 Å². The van der Waals surface area contributed by atoms with Crippen LogP contribution in [0.15, 0.2) is 18.2 Å².